The van der Waals surface area contributed by atoms with E-state index >= 15 is 0 Å². The predicted molar refractivity (Wildman–Crippen MR) is 76.4 cm³/mol. The Kier molecular flexibility index (Phi) is 5.27. The zero-order valence-electron chi connectivity index (χ0n) is 11.2. The number of aromatic carboxylic acids is 1. The third kappa shape index (κ3) is 4.88. The van der Waals surface area contributed by atoms with Gasteiger partial charge in [0.05, 0.1) is 11.3 Å². The van der Waals surface area contributed by atoms with Gasteiger partial charge in [-0.1, -0.05) is 0 Å². The fraction of sp³-hybridized carbons (Fsp3) is 0.333. The second-order valence-electron chi connectivity index (χ2n) is 4.16. The van der Waals surface area contributed by atoms with E-state index in [0.717, 1.165) is 0 Å². The molecule has 9 heteroatoms. The van der Waals surface area contributed by atoms with Crippen molar-refractivity contribution in [1.82, 2.24) is 25.2 Å². The third-order valence-corrected chi connectivity index (χ3v) is 3.52. The number of hydrogen-bond acceptors (Lipinski definition) is 5. The molecule has 2 amide bonds. The number of thiazole rings is 1. The minimum absolute atomic E-state index is 0.0415. The summed E-state index contributed by atoms with van der Waals surface area (Å²) < 4.78 is 1.86. The maximum Gasteiger partial charge on any atom is 0.355 e. The summed E-state index contributed by atoms with van der Waals surface area (Å²) in [6.07, 6.45) is 5.69. The highest BCUT2D eigenvalue weighted by Crippen LogP contribution is 2.09. The van der Waals surface area contributed by atoms with E-state index in [0.29, 0.717) is 31.1 Å². The van der Waals surface area contributed by atoms with Crippen molar-refractivity contribution in [3.63, 3.8) is 0 Å². The molecule has 0 atom stereocenters. The molecule has 112 valence electrons. The quantitative estimate of drug-likeness (QED) is 0.693. The van der Waals surface area contributed by atoms with Crippen molar-refractivity contribution in [2.24, 2.45) is 0 Å². The maximum atomic E-state index is 11.5. The molecule has 0 bridgehead atoms. The van der Waals surface area contributed by atoms with Crippen LogP contribution in [-0.2, 0) is 13.0 Å². The number of carboxylic acid groups (broad SMARTS) is 1. The molecule has 2 heterocycles. The van der Waals surface area contributed by atoms with Crippen molar-refractivity contribution in [2.75, 3.05) is 13.1 Å². The zero-order chi connectivity index (χ0) is 15.1. The van der Waals surface area contributed by atoms with Gasteiger partial charge in [0, 0.05) is 43.8 Å². The van der Waals surface area contributed by atoms with E-state index in [1.165, 1.54) is 16.7 Å². The summed E-state index contributed by atoms with van der Waals surface area (Å²) in [6.45, 7) is 1.56. The lowest BCUT2D eigenvalue weighted by atomic mass is 10.4. The first-order chi connectivity index (χ1) is 10.1. The monoisotopic (exact) mass is 309 g/mol. The largest absolute Gasteiger partial charge is 0.476 e. The Bertz CT molecular complexity index is 596. The number of carboxylic acids is 1. The van der Waals surface area contributed by atoms with Gasteiger partial charge in [-0.25, -0.2) is 19.6 Å². The van der Waals surface area contributed by atoms with Crippen molar-refractivity contribution < 1.29 is 14.7 Å². The average molecular weight is 309 g/mol. The van der Waals surface area contributed by atoms with Crippen LogP contribution in [0.1, 0.15) is 15.5 Å². The van der Waals surface area contributed by atoms with Crippen molar-refractivity contribution in [2.45, 2.75) is 13.0 Å². The lowest BCUT2D eigenvalue weighted by Gasteiger charge is -2.07. The van der Waals surface area contributed by atoms with E-state index in [1.54, 1.807) is 12.5 Å². The van der Waals surface area contributed by atoms with Crippen LogP contribution in [0, 0.1) is 0 Å². The molecule has 0 aromatic carbocycles. The van der Waals surface area contributed by atoms with E-state index in [-0.39, 0.29) is 11.7 Å². The molecular weight excluding hydrogens is 294 g/mol. The summed E-state index contributed by atoms with van der Waals surface area (Å²) in [6, 6.07) is -0.259. The van der Waals surface area contributed by atoms with E-state index in [4.69, 9.17) is 5.11 Å². The number of rotatable bonds is 7. The topological polar surface area (TPSA) is 109 Å². The van der Waals surface area contributed by atoms with E-state index < -0.39 is 5.97 Å². The molecule has 2 aromatic heterocycles. The van der Waals surface area contributed by atoms with Crippen LogP contribution in [0.4, 0.5) is 4.79 Å². The summed E-state index contributed by atoms with van der Waals surface area (Å²) in [5.41, 5.74) is 0.0415. The molecule has 2 aromatic rings. The van der Waals surface area contributed by atoms with Gasteiger partial charge in [0.25, 0.3) is 0 Å². The number of hydrogen-bond donors (Lipinski definition) is 3. The molecular formula is C12H15N5O3S. The van der Waals surface area contributed by atoms with Gasteiger partial charge in [-0.15, -0.1) is 11.3 Å². The van der Waals surface area contributed by atoms with Crippen molar-refractivity contribution in [1.29, 1.82) is 0 Å². The number of carbonyl (C=O) groups is 2. The van der Waals surface area contributed by atoms with E-state index in [9.17, 15) is 9.59 Å². The summed E-state index contributed by atoms with van der Waals surface area (Å²) in [5, 5.41) is 16.3. The molecule has 0 aliphatic heterocycles. The molecule has 0 radical (unpaired) electrons. The van der Waals surface area contributed by atoms with Crippen LogP contribution < -0.4 is 10.6 Å². The number of urea groups is 1. The number of amides is 2. The fourth-order valence-corrected chi connectivity index (χ4v) is 2.36. The van der Waals surface area contributed by atoms with Gasteiger partial charge in [0.1, 0.15) is 0 Å². The molecule has 0 saturated heterocycles. The van der Waals surface area contributed by atoms with Gasteiger partial charge >= 0.3 is 12.0 Å². The first-order valence-electron chi connectivity index (χ1n) is 6.30. The summed E-state index contributed by atoms with van der Waals surface area (Å²) in [7, 11) is 0. The van der Waals surface area contributed by atoms with Gasteiger partial charge in [-0.3, -0.25) is 0 Å². The van der Waals surface area contributed by atoms with Gasteiger partial charge in [-0.05, 0) is 0 Å². The maximum absolute atomic E-state index is 11.5. The number of aromatic nitrogens is 3. The number of nitrogens with one attached hydrogen (secondary N) is 2. The summed E-state index contributed by atoms with van der Waals surface area (Å²) >= 11 is 1.27. The predicted octanol–water partition coefficient (Wildman–Crippen LogP) is 0.580. The number of imidazole rings is 1. The van der Waals surface area contributed by atoms with Crippen molar-refractivity contribution in [3.05, 3.63) is 34.8 Å². The molecule has 2 rings (SSSR count). The molecule has 0 saturated carbocycles. The highest BCUT2D eigenvalue weighted by Gasteiger charge is 2.08. The standard InChI is InChI=1S/C12H15N5O3S/c18-11(19)9-7-21-10(16-9)1-2-14-12(20)15-4-6-17-5-3-13-8-17/h3,5,7-8H,1-2,4,6H2,(H,18,19)(H2,14,15,20). The van der Waals surface area contributed by atoms with Crippen LogP contribution in [0.3, 0.4) is 0 Å². The second-order valence-corrected chi connectivity index (χ2v) is 5.11. The lowest BCUT2D eigenvalue weighted by Crippen LogP contribution is -2.38. The van der Waals surface area contributed by atoms with Crippen molar-refractivity contribution >= 4 is 23.3 Å². The molecule has 0 fully saturated rings. The van der Waals surface area contributed by atoms with E-state index in [2.05, 4.69) is 20.6 Å². The van der Waals surface area contributed by atoms with Crippen LogP contribution in [0.5, 0.6) is 0 Å². The van der Waals surface area contributed by atoms with Gasteiger partial charge < -0.3 is 20.3 Å². The summed E-state index contributed by atoms with van der Waals surface area (Å²) in [4.78, 5) is 30.0. The molecule has 3 N–H and O–H groups in total. The fourth-order valence-electron chi connectivity index (χ4n) is 1.59. The molecule has 0 spiro atoms. The van der Waals surface area contributed by atoms with Gasteiger partial charge in [0.2, 0.25) is 0 Å². The Labute approximate surface area is 124 Å². The minimum atomic E-state index is -1.04. The average Bonchev–Trinajstić information content (AvgIpc) is 3.09. The van der Waals surface area contributed by atoms with Gasteiger partial charge in [-0.2, -0.15) is 0 Å². The molecule has 0 aliphatic rings. The normalized spacial score (nSPS) is 10.3. The first-order valence-corrected chi connectivity index (χ1v) is 7.18. The third-order valence-electron chi connectivity index (χ3n) is 2.61. The number of nitrogens with zero attached hydrogens (tertiary/aromatic N) is 3. The summed E-state index contributed by atoms with van der Waals surface area (Å²) in [5.74, 6) is -1.04. The Morgan fingerprint density at radius 1 is 1.33 bits per heavy atom. The first kappa shape index (κ1) is 15.0. The number of carbonyl (C=O) groups excluding carboxylic acids is 1. The van der Waals surface area contributed by atoms with Crippen LogP contribution in [-0.4, -0.2) is 44.7 Å². The second kappa shape index (κ2) is 7.39. The van der Waals surface area contributed by atoms with E-state index in [1.807, 2.05) is 10.8 Å². The SMILES string of the molecule is O=C(NCCc1nc(C(=O)O)cs1)NCCn1ccnc1. The van der Waals surface area contributed by atoms with Crippen LogP contribution in [0.2, 0.25) is 0 Å². The molecule has 0 aliphatic carbocycles. The Balaban J connectivity index is 1.61. The van der Waals surface area contributed by atoms with Crippen LogP contribution >= 0.6 is 11.3 Å². The molecule has 21 heavy (non-hydrogen) atoms. The molecule has 0 unspecified atom stereocenters. The van der Waals surface area contributed by atoms with Gasteiger partial charge in [0.15, 0.2) is 5.69 Å². The zero-order valence-corrected chi connectivity index (χ0v) is 12.0. The Hall–Kier alpha value is -2.42. The minimum Gasteiger partial charge on any atom is -0.476 e. The molecule has 8 nitrogen and oxygen atoms in total. The Morgan fingerprint density at radius 3 is 2.81 bits per heavy atom. The Morgan fingerprint density at radius 2 is 2.14 bits per heavy atom. The highest BCUT2D eigenvalue weighted by atomic mass is 32.1. The highest BCUT2D eigenvalue weighted by molar-refractivity contribution is 7.09. The lowest BCUT2D eigenvalue weighted by molar-refractivity contribution is 0.0691. The van der Waals surface area contributed by atoms with Crippen molar-refractivity contribution in [3.8, 4) is 0 Å². The van der Waals surface area contributed by atoms with Crippen LogP contribution in [0.15, 0.2) is 24.1 Å². The van der Waals surface area contributed by atoms with Crippen LogP contribution in [0.25, 0.3) is 0 Å². The smallest absolute Gasteiger partial charge is 0.355 e.